The molecule has 0 saturated carbocycles. The Kier molecular flexibility index (Phi) is 4.43. The number of benzene rings is 1. The summed E-state index contributed by atoms with van der Waals surface area (Å²) in [5, 5.41) is 3.82. The highest BCUT2D eigenvalue weighted by molar-refractivity contribution is 5.79. The molecule has 1 unspecified atom stereocenters. The van der Waals surface area contributed by atoms with Crippen molar-refractivity contribution in [2.24, 2.45) is 0 Å². The van der Waals surface area contributed by atoms with Crippen molar-refractivity contribution in [2.75, 3.05) is 13.1 Å². The summed E-state index contributed by atoms with van der Waals surface area (Å²) in [4.78, 5) is 22.3. The van der Waals surface area contributed by atoms with Crippen molar-refractivity contribution in [1.29, 1.82) is 0 Å². The second kappa shape index (κ2) is 6.90. The summed E-state index contributed by atoms with van der Waals surface area (Å²) < 4.78 is 20.6. The molecule has 3 aromatic rings. The molecule has 7 heteroatoms. The van der Waals surface area contributed by atoms with Crippen LogP contribution in [0.3, 0.4) is 0 Å². The van der Waals surface area contributed by atoms with Crippen molar-refractivity contribution in [2.45, 2.75) is 25.4 Å². The Bertz CT molecular complexity index is 959. The SMILES string of the molecule is Cc1ccccc1CC(=O)N1CCC(F)(c2noc(-c3ccncc3)n2)C1. The molecule has 4 rings (SSSR count). The van der Waals surface area contributed by atoms with E-state index < -0.39 is 5.67 Å². The standard InChI is InChI=1S/C20H19FN4O2/c1-14-4-2-3-5-16(14)12-17(26)25-11-8-20(21,13-25)19-23-18(27-24-19)15-6-9-22-10-7-15/h2-7,9-10H,8,11-13H2,1H3. The monoisotopic (exact) mass is 366 g/mol. The average molecular weight is 366 g/mol. The van der Waals surface area contributed by atoms with Gasteiger partial charge in [0, 0.05) is 30.9 Å². The van der Waals surface area contributed by atoms with Crippen molar-refractivity contribution in [1.82, 2.24) is 20.0 Å². The van der Waals surface area contributed by atoms with Crippen LogP contribution in [0.25, 0.3) is 11.5 Å². The third-order valence-corrected chi connectivity index (χ3v) is 4.93. The van der Waals surface area contributed by atoms with Gasteiger partial charge in [0.05, 0.1) is 13.0 Å². The van der Waals surface area contributed by atoms with E-state index in [-0.39, 0.29) is 37.0 Å². The minimum absolute atomic E-state index is 0.0134. The number of alkyl halides is 1. The quantitative estimate of drug-likeness (QED) is 0.710. The van der Waals surface area contributed by atoms with Gasteiger partial charge in [0.2, 0.25) is 11.7 Å². The van der Waals surface area contributed by atoms with E-state index in [4.69, 9.17) is 4.52 Å². The predicted molar refractivity (Wildman–Crippen MR) is 96.4 cm³/mol. The molecule has 3 heterocycles. The third kappa shape index (κ3) is 3.45. The van der Waals surface area contributed by atoms with Gasteiger partial charge in [0.1, 0.15) is 0 Å². The van der Waals surface area contributed by atoms with E-state index in [1.54, 1.807) is 24.5 Å². The number of pyridine rings is 1. The van der Waals surface area contributed by atoms with Crippen LogP contribution in [0, 0.1) is 6.92 Å². The van der Waals surface area contributed by atoms with Gasteiger partial charge in [0.15, 0.2) is 5.67 Å². The molecule has 27 heavy (non-hydrogen) atoms. The molecule has 6 nitrogen and oxygen atoms in total. The molecule has 1 aliphatic heterocycles. The van der Waals surface area contributed by atoms with Crippen molar-refractivity contribution in [3.63, 3.8) is 0 Å². The topological polar surface area (TPSA) is 72.1 Å². The summed E-state index contributed by atoms with van der Waals surface area (Å²) in [6.45, 7) is 2.24. The molecule has 1 atom stereocenters. The lowest BCUT2D eigenvalue weighted by Crippen LogP contribution is -2.33. The number of hydrogen-bond donors (Lipinski definition) is 0. The molecule has 2 aromatic heterocycles. The summed E-state index contributed by atoms with van der Waals surface area (Å²) in [6.07, 6.45) is 3.62. The summed E-state index contributed by atoms with van der Waals surface area (Å²) >= 11 is 0. The van der Waals surface area contributed by atoms with Crippen molar-refractivity contribution in [3.8, 4) is 11.5 Å². The van der Waals surface area contributed by atoms with E-state index in [0.29, 0.717) is 12.1 Å². The highest BCUT2D eigenvalue weighted by atomic mass is 19.1. The normalized spacial score (nSPS) is 19.4. The molecule has 1 fully saturated rings. The van der Waals surface area contributed by atoms with Gasteiger partial charge in [-0.2, -0.15) is 4.98 Å². The van der Waals surface area contributed by atoms with Crippen LogP contribution in [0.4, 0.5) is 4.39 Å². The number of hydrogen-bond acceptors (Lipinski definition) is 5. The fourth-order valence-corrected chi connectivity index (χ4v) is 3.27. The van der Waals surface area contributed by atoms with Crippen molar-refractivity contribution < 1.29 is 13.7 Å². The maximum Gasteiger partial charge on any atom is 0.258 e. The van der Waals surface area contributed by atoms with Crippen LogP contribution >= 0.6 is 0 Å². The highest BCUT2D eigenvalue weighted by Crippen LogP contribution is 2.35. The van der Waals surface area contributed by atoms with Gasteiger partial charge in [0.25, 0.3) is 5.89 Å². The Morgan fingerprint density at radius 1 is 1.26 bits per heavy atom. The molecule has 1 aliphatic rings. The molecule has 1 saturated heterocycles. The van der Waals surface area contributed by atoms with Crippen LogP contribution in [-0.2, 0) is 16.9 Å². The number of carbonyl (C=O) groups is 1. The molecule has 0 spiro atoms. The first kappa shape index (κ1) is 17.3. The van der Waals surface area contributed by atoms with Gasteiger partial charge in [-0.05, 0) is 30.2 Å². The van der Waals surface area contributed by atoms with Gasteiger partial charge in [-0.15, -0.1) is 0 Å². The smallest absolute Gasteiger partial charge is 0.258 e. The Morgan fingerprint density at radius 2 is 2.04 bits per heavy atom. The Balaban J connectivity index is 1.47. The van der Waals surface area contributed by atoms with Crippen LogP contribution in [0.1, 0.15) is 23.4 Å². The van der Waals surface area contributed by atoms with Gasteiger partial charge in [-0.1, -0.05) is 29.4 Å². The number of likely N-dealkylation sites (tertiary alicyclic amines) is 1. The summed E-state index contributed by atoms with van der Waals surface area (Å²) in [5.74, 6) is 0.135. The zero-order valence-electron chi connectivity index (χ0n) is 14.9. The van der Waals surface area contributed by atoms with E-state index >= 15 is 4.39 Å². The van der Waals surface area contributed by atoms with Crippen LogP contribution in [0.5, 0.6) is 0 Å². The number of rotatable bonds is 4. The number of amides is 1. The van der Waals surface area contributed by atoms with Gasteiger partial charge >= 0.3 is 0 Å². The lowest BCUT2D eigenvalue weighted by Gasteiger charge is -2.18. The lowest BCUT2D eigenvalue weighted by molar-refractivity contribution is -0.130. The average Bonchev–Trinajstić information content (AvgIpc) is 3.33. The molecule has 138 valence electrons. The predicted octanol–water partition coefficient (Wildman–Crippen LogP) is 3.08. The summed E-state index contributed by atoms with van der Waals surface area (Å²) in [5.41, 5.74) is 0.892. The fourth-order valence-electron chi connectivity index (χ4n) is 3.27. The molecule has 0 radical (unpaired) electrons. The Labute approximate surface area is 156 Å². The zero-order chi connectivity index (χ0) is 18.9. The van der Waals surface area contributed by atoms with Crippen LogP contribution in [0.15, 0.2) is 53.3 Å². The second-order valence-electron chi connectivity index (χ2n) is 6.79. The minimum Gasteiger partial charge on any atom is -0.339 e. The highest BCUT2D eigenvalue weighted by Gasteiger charge is 2.45. The maximum atomic E-state index is 15.4. The van der Waals surface area contributed by atoms with Gasteiger partial charge in [-0.25, -0.2) is 4.39 Å². The summed E-state index contributed by atoms with van der Waals surface area (Å²) in [6, 6.07) is 11.2. The van der Waals surface area contributed by atoms with Gasteiger partial charge in [-0.3, -0.25) is 9.78 Å². The second-order valence-corrected chi connectivity index (χ2v) is 6.79. The summed E-state index contributed by atoms with van der Waals surface area (Å²) in [7, 11) is 0. The number of aryl methyl sites for hydroxylation is 1. The lowest BCUT2D eigenvalue weighted by atomic mass is 10.0. The molecule has 1 aromatic carbocycles. The molecule has 0 aliphatic carbocycles. The van der Waals surface area contributed by atoms with E-state index in [9.17, 15) is 4.79 Å². The number of nitrogens with zero attached hydrogens (tertiary/aromatic N) is 4. The van der Waals surface area contributed by atoms with Gasteiger partial charge < -0.3 is 9.42 Å². The largest absolute Gasteiger partial charge is 0.339 e. The van der Waals surface area contributed by atoms with E-state index in [1.165, 1.54) is 4.90 Å². The van der Waals surface area contributed by atoms with Crippen LogP contribution in [0.2, 0.25) is 0 Å². The zero-order valence-corrected chi connectivity index (χ0v) is 14.9. The maximum absolute atomic E-state index is 15.4. The molecule has 1 amide bonds. The van der Waals surface area contributed by atoms with Crippen LogP contribution < -0.4 is 0 Å². The Hall–Kier alpha value is -3.09. The first-order valence-electron chi connectivity index (χ1n) is 8.81. The van der Waals surface area contributed by atoms with E-state index in [2.05, 4.69) is 15.1 Å². The van der Waals surface area contributed by atoms with Crippen LogP contribution in [-0.4, -0.2) is 39.0 Å². The molecular weight excluding hydrogens is 347 g/mol. The number of halogens is 1. The Morgan fingerprint density at radius 3 is 2.81 bits per heavy atom. The number of aromatic nitrogens is 3. The van der Waals surface area contributed by atoms with Crippen molar-refractivity contribution >= 4 is 5.91 Å². The van der Waals surface area contributed by atoms with E-state index in [0.717, 1.165) is 11.1 Å². The van der Waals surface area contributed by atoms with E-state index in [1.807, 2.05) is 31.2 Å². The first-order chi connectivity index (χ1) is 13.0. The first-order valence-corrected chi connectivity index (χ1v) is 8.81. The minimum atomic E-state index is -1.80. The molecule has 0 N–H and O–H groups in total. The molecule has 0 bridgehead atoms. The fraction of sp³-hybridized carbons (Fsp3) is 0.300. The number of carbonyl (C=O) groups excluding carboxylic acids is 1. The molecular formula is C20H19FN4O2. The van der Waals surface area contributed by atoms with Crippen molar-refractivity contribution in [3.05, 3.63) is 65.7 Å². The third-order valence-electron chi connectivity index (χ3n) is 4.93.